The van der Waals surface area contributed by atoms with E-state index < -0.39 is 0 Å². The van der Waals surface area contributed by atoms with Gasteiger partial charge < -0.3 is 23.8 Å². The van der Waals surface area contributed by atoms with Crippen LogP contribution in [0.15, 0.2) is 47.0 Å². The molecule has 0 amide bonds. The first-order valence-corrected chi connectivity index (χ1v) is 10.7. The third-order valence-corrected chi connectivity index (χ3v) is 6.02. The first kappa shape index (κ1) is 19.8. The normalized spacial score (nSPS) is 18.7. The maximum absolute atomic E-state index is 10.2. The van der Waals surface area contributed by atoms with Gasteiger partial charge in [-0.2, -0.15) is 0 Å². The molecule has 162 valence electrons. The lowest BCUT2D eigenvalue weighted by atomic mass is 10.0. The van der Waals surface area contributed by atoms with Gasteiger partial charge in [-0.05, 0) is 55.3 Å². The van der Waals surface area contributed by atoms with Crippen LogP contribution in [0, 0.1) is 0 Å². The standard InChI is InChI=1S/C24H26N2O5/c1-28-21-8-6-16(11-20(21)27)14-26-10-4-2-3-5-19(26)18-13-23(31-25-18)17-7-9-22-24(12-17)30-15-29-22/h6-9,11-13,19,27H,2-5,10,14-15H2,1H3/t19-/m1/s1. The van der Waals surface area contributed by atoms with Gasteiger partial charge in [-0.25, -0.2) is 0 Å². The summed E-state index contributed by atoms with van der Waals surface area (Å²) in [5.74, 6) is 2.85. The van der Waals surface area contributed by atoms with Crippen molar-refractivity contribution in [2.45, 2.75) is 38.3 Å². The fourth-order valence-corrected chi connectivity index (χ4v) is 4.39. The summed E-state index contributed by atoms with van der Waals surface area (Å²) in [5.41, 5.74) is 2.90. The maximum Gasteiger partial charge on any atom is 0.231 e. The monoisotopic (exact) mass is 422 g/mol. The van der Waals surface area contributed by atoms with Crippen LogP contribution >= 0.6 is 0 Å². The quantitative estimate of drug-likeness (QED) is 0.626. The minimum absolute atomic E-state index is 0.165. The zero-order valence-corrected chi connectivity index (χ0v) is 17.5. The molecule has 0 spiro atoms. The number of hydrogen-bond donors (Lipinski definition) is 1. The predicted octanol–water partition coefficient (Wildman–Crippen LogP) is 4.90. The van der Waals surface area contributed by atoms with Gasteiger partial charge in [0.05, 0.1) is 13.2 Å². The molecule has 1 aromatic heterocycles. The molecule has 3 heterocycles. The Morgan fingerprint density at radius 2 is 1.97 bits per heavy atom. The van der Waals surface area contributed by atoms with E-state index in [1.807, 2.05) is 36.4 Å². The van der Waals surface area contributed by atoms with E-state index in [0.717, 1.165) is 66.4 Å². The number of benzene rings is 2. The van der Waals surface area contributed by atoms with Gasteiger partial charge in [-0.3, -0.25) is 4.90 Å². The first-order valence-electron chi connectivity index (χ1n) is 10.7. The Kier molecular flexibility index (Phi) is 5.42. The summed E-state index contributed by atoms with van der Waals surface area (Å²) in [6.45, 7) is 1.95. The second-order valence-electron chi connectivity index (χ2n) is 8.03. The number of aromatic nitrogens is 1. The summed E-state index contributed by atoms with van der Waals surface area (Å²) >= 11 is 0. The zero-order chi connectivity index (χ0) is 21.2. The van der Waals surface area contributed by atoms with Gasteiger partial charge in [0.25, 0.3) is 0 Å². The van der Waals surface area contributed by atoms with Gasteiger partial charge in [-0.1, -0.05) is 24.1 Å². The molecule has 0 saturated carbocycles. The summed E-state index contributed by atoms with van der Waals surface area (Å²) in [6, 6.07) is 13.6. The molecule has 1 saturated heterocycles. The molecule has 5 rings (SSSR count). The predicted molar refractivity (Wildman–Crippen MR) is 114 cm³/mol. The van der Waals surface area contributed by atoms with Crippen LogP contribution in [0.1, 0.15) is 43.0 Å². The third kappa shape index (κ3) is 4.05. The SMILES string of the molecule is COc1ccc(CN2CCCCC[C@@H]2c2cc(-c3ccc4c(c3)OCO4)on2)cc1O. The number of methoxy groups -OCH3 is 1. The molecular formula is C24H26N2O5. The van der Waals surface area contributed by atoms with E-state index in [-0.39, 0.29) is 18.6 Å². The van der Waals surface area contributed by atoms with Crippen molar-refractivity contribution in [3.63, 3.8) is 0 Å². The smallest absolute Gasteiger partial charge is 0.231 e. The molecule has 0 bridgehead atoms. The van der Waals surface area contributed by atoms with Crippen LogP contribution < -0.4 is 14.2 Å². The van der Waals surface area contributed by atoms with E-state index in [2.05, 4.69) is 10.1 Å². The number of phenolic OH excluding ortho intramolecular Hbond substituents is 1. The molecule has 31 heavy (non-hydrogen) atoms. The Morgan fingerprint density at radius 1 is 1.06 bits per heavy atom. The highest BCUT2D eigenvalue weighted by molar-refractivity contribution is 5.63. The largest absolute Gasteiger partial charge is 0.504 e. The van der Waals surface area contributed by atoms with Crippen LogP contribution in [0.3, 0.4) is 0 Å². The summed E-state index contributed by atoms with van der Waals surface area (Å²) < 4.78 is 21.8. The van der Waals surface area contributed by atoms with Crippen LogP contribution in [0.2, 0.25) is 0 Å². The van der Waals surface area contributed by atoms with Crippen molar-refractivity contribution in [3.8, 4) is 34.3 Å². The minimum atomic E-state index is 0.165. The molecule has 1 fully saturated rings. The maximum atomic E-state index is 10.2. The van der Waals surface area contributed by atoms with Gasteiger partial charge in [0, 0.05) is 18.2 Å². The molecule has 2 aliphatic rings. The molecule has 0 unspecified atom stereocenters. The minimum Gasteiger partial charge on any atom is -0.504 e. The van der Waals surface area contributed by atoms with Crippen molar-refractivity contribution in [1.29, 1.82) is 0 Å². The summed E-state index contributed by atoms with van der Waals surface area (Å²) in [4.78, 5) is 2.43. The highest BCUT2D eigenvalue weighted by atomic mass is 16.7. The van der Waals surface area contributed by atoms with Crippen LogP contribution in [0.4, 0.5) is 0 Å². The van der Waals surface area contributed by atoms with Crippen molar-refractivity contribution in [2.75, 3.05) is 20.4 Å². The van der Waals surface area contributed by atoms with E-state index in [1.165, 1.54) is 6.42 Å². The number of ether oxygens (including phenoxy) is 3. The average molecular weight is 422 g/mol. The van der Waals surface area contributed by atoms with E-state index in [0.29, 0.717) is 5.75 Å². The number of nitrogens with zero attached hydrogens (tertiary/aromatic N) is 2. The fraction of sp³-hybridized carbons (Fsp3) is 0.375. The lowest BCUT2D eigenvalue weighted by Gasteiger charge is -2.28. The molecule has 7 heteroatoms. The van der Waals surface area contributed by atoms with Gasteiger partial charge in [0.1, 0.15) is 5.69 Å². The third-order valence-electron chi connectivity index (χ3n) is 6.02. The zero-order valence-electron chi connectivity index (χ0n) is 17.5. The summed E-state index contributed by atoms with van der Waals surface area (Å²) in [5, 5.41) is 14.6. The number of hydrogen-bond acceptors (Lipinski definition) is 7. The lowest BCUT2D eigenvalue weighted by Crippen LogP contribution is -2.28. The van der Waals surface area contributed by atoms with Gasteiger partial charge in [-0.15, -0.1) is 0 Å². The Balaban J connectivity index is 1.39. The van der Waals surface area contributed by atoms with Crippen LogP contribution in [-0.4, -0.2) is 35.6 Å². The average Bonchev–Trinajstić information content (AvgIpc) is 3.40. The Morgan fingerprint density at radius 3 is 2.84 bits per heavy atom. The van der Waals surface area contributed by atoms with E-state index >= 15 is 0 Å². The van der Waals surface area contributed by atoms with Crippen molar-refractivity contribution in [3.05, 3.63) is 53.7 Å². The molecule has 1 atom stereocenters. The molecular weight excluding hydrogens is 396 g/mol. The Labute approximate surface area is 181 Å². The summed E-state index contributed by atoms with van der Waals surface area (Å²) in [6.07, 6.45) is 4.52. The summed E-state index contributed by atoms with van der Waals surface area (Å²) in [7, 11) is 1.56. The first-order chi connectivity index (χ1) is 15.2. The van der Waals surface area contributed by atoms with E-state index in [9.17, 15) is 5.11 Å². The highest BCUT2D eigenvalue weighted by Gasteiger charge is 2.26. The van der Waals surface area contributed by atoms with Crippen molar-refractivity contribution >= 4 is 0 Å². The lowest BCUT2D eigenvalue weighted by molar-refractivity contribution is 0.174. The van der Waals surface area contributed by atoms with Crippen molar-refractivity contribution < 1.29 is 23.8 Å². The molecule has 1 N–H and O–H groups in total. The molecule has 3 aromatic rings. The fourth-order valence-electron chi connectivity index (χ4n) is 4.39. The molecule has 0 aliphatic carbocycles. The highest BCUT2D eigenvalue weighted by Crippen LogP contribution is 2.38. The Hall–Kier alpha value is -3.19. The second kappa shape index (κ2) is 8.51. The molecule has 2 aromatic carbocycles. The topological polar surface area (TPSA) is 77.2 Å². The van der Waals surface area contributed by atoms with Gasteiger partial charge >= 0.3 is 0 Å². The number of likely N-dealkylation sites (tertiary alicyclic amines) is 1. The van der Waals surface area contributed by atoms with Gasteiger partial charge in [0.15, 0.2) is 28.8 Å². The van der Waals surface area contributed by atoms with Crippen molar-refractivity contribution in [1.82, 2.24) is 10.1 Å². The number of rotatable bonds is 5. The molecule has 2 aliphatic heterocycles. The number of fused-ring (bicyclic) bond motifs is 1. The Bertz CT molecular complexity index is 1060. The van der Waals surface area contributed by atoms with Crippen LogP contribution in [0.25, 0.3) is 11.3 Å². The second-order valence-corrected chi connectivity index (χ2v) is 8.03. The van der Waals surface area contributed by atoms with Crippen molar-refractivity contribution in [2.24, 2.45) is 0 Å². The van der Waals surface area contributed by atoms with Crippen LogP contribution in [-0.2, 0) is 6.54 Å². The van der Waals surface area contributed by atoms with E-state index in [4.69, 9.17) is 18.7 Å². The number of aromatic hydroxyl groups is 1. The molecule has 0 radical (unpaired) electrons. The van der Waals surface area contributed by atoms with Crippen LogP contribution in [0.5, 0.6) is 23.0 Å². The number of phenols is 1. The molecule has 7 nitrogen and oxygen atoms in total. The van der Waals surface area contributed by atoms with E-state index in [1.54, 1.807) is 13.2 Å². The van der Waals surface area contributed by atoms with Gasteiger partial charge in [0.2, 0.25) is 6.79 Å².